The highest BCUT2D eigenvalue weighted by Crippen LogP contribution is 2.03. The summed E-state index contributed by atoms with van der Waals surface area (Å²) in [5.41, 5.74) is 6.26. The van der Waals surface area contributed by atoms with Crippen LogP contribution in [0.3, 0.4) is 0 Å². The van der Waals surface area contributed by atoms with Gasteiger partial charge in [-0.2, -0.15) is 4.98 Å². The number of aromatic nitrogens is 2. The standard InChI is InChI=1S/C10H17N3O/c1-2-3-4-7-14-10-12-6-5-9(8-11)13-10/h5-6H,2-4,7-8,11H2,1H3. The lowest BCUT2D eigenvalue weighted by Crippen LogP contribution is -2.05. The van der Waals surface area contributed by atoms with Crippen molar-refractivity contribution in [2.75, 3.05) is 6.61 Å². The lowest BCUT2D eigenvalue weighted by Gasteiger charge is -2.04. The second kappa shape index (κ2) is 6.32. The first kappa shape index (κ1) is 10.9. The first-order valence-corrected chi connectivity index (χ1v) is 5.01. The number of hydrogen-bond acceptors (Lipinski definition) is 4. The van der Waals surface area contributed by atoms with Crippen LogP contribution in [-0.4, -0.2) is 16.6 Å². The summed E-state index contributed by atoms with van der Waals surface area (Å²) in [5, 5.41) is 0. The van der Waals surface area contributed by atoms with Crippen LogP contribution in [0.2, 0.25) is 0 Å². The minimum Gasteiger partial charge on any atom is -0.463 e. The van der Waals surface area contributed by atoms with Crippen molar-refractivity contribution in [3.8, 4) is 6.01 Å². The quantitative estimate of drug-likeness (QED) is 0.699. The van der Waals surface area contributed by atoms with Gasteiger partial charge in [-0.15, -0.1) is 0 Å². The van der Waals surface area contributed by atoms with Crippen molar-refractivity contribution in [1.82, 2.24) is 9.97 Å². The normalized spacial score (nSPS) is 10.1. The molecule has 4 heteroatoms. The van der Waals surface area contributed by atoms with Gasteiger partial charge in [-0.3, -0.25) is 0 Å². The van der Waals surface area contributed by atoms with Gasteiger partial charge in [-0.05, 0) is 12.5 Å². The summed E-state index contributed by atoms with van der Waals surface area (Å²) in [4.78, 5) is 8.13. The summed E-state index contributed by atoms with van der Waals surface area (Å²) < 4.78 is 5.37. The molecular weight excluding hydrogens is 178 g/mol. The average molecular weight is 195 g/mol. The first-order valence-electron chi connectivity index (χ1n) is 5.01. The molecule has 14 heavy (non-hydrogen) atoms. The van der Waals surface area contributed by atoms with Gasteiger partial charge in [0.1, 0.15) is 0 Å². The third-order valence-electron chi connectivity index (χ3n) is 1.88. The van der Waals surface area contributed by atoms with Crippen LogP contribution in [0.25, 0.3) is 0 Å². The van der Waals surface area contributed by atoms with Crippen LogP contribution in [0.5, 0.6) is 6.01 Å². The van der Waals surface area contributed by atoms with Crippen molar-refractivity contribution in [2.45, 2.75) is 32.7 Å². The third-order valence-corrected chi connectivity index (χ3v) is 1.88. The second-order valence-electron chi connectivity index (χ2n) is 3.09. The largest absolute Gasteiger partial charge is 0.463 e. The van der Waals surface area contributed by atoms with Crippen molar-refractivity contribution in [3.63, 3.8) is 0 Å². The molecule has 1 heterocycles. The van der Waals surface area contributed by atoms with Crippen LogP contribution in [0.4, 0.5) is 0 Å². The van der Waals surface area contributed by atoms with Crippen LogP contribution < -0.4 is 10.5 Å². The molecule has 0 aromatic carbocycles. The van der Waals surface area contributed by atoms with E-state index in [0.717, 1.165) is 12.1 Å². The van der Waals surface area contributed by atoms with Gasteiger partial charge < -0.3 is 10.5 Å². The minimum absolute atomic E-state index is 0.424. The van der Waals surface area contributed by atoms with E-state index in [1.165, 1.54) is 12.8 Å². The molecule has 78 valence electrons. The number of rotatable bonds is 6. The first-order chi connectivity index (χ1) is 6.86. The molecule has 0 saturated carbocycles. The Hall–Kier alpha value is -1.16. The summed E-state index contributed by atoms with van der Waals surface area (Å²) >= 11 is 0. The van der Waals surface area contributed by atoms with Gasteiger partial charge in [0.05, 0.1) is 12.3 Å². The summed E-state index contributed by atoms with van der Waals surface area (Å²) in [7, 11) is 0. The van der Waals surface area contributed by atoms with Gasteiger partial charge in [0, 0.05) is 12.7 Å². The molecule has 0 fully saturated rings. The fourth-order valence-corrected chi connectivity index (χ4v) is 1.07. The molecule has 0 atom stereocenters. The Bertz CT molecular complexity index is 265. The molecule has 1 aromatic heterocycles. The number of unbranched alkanes of at least 4 members (excludes halogenated alkanes) is 2. The monoisotopic (exact) mass is 195 g/mol. The molecule has 0 unspecified atom stereocenters. The minimum atomic E-state index is 0.424. The summed E-state index contributed by atoms with van der Waals surface area (Å²) in [6.45, 7) is 3.27. The predicted molar refractivity (Wildman–Crippen MR) is 54.9 cm³/mol. The number of ether oxygens (including phenoxy) is 1. The molecule has 0 spiro atoms. The summed E-state index contributed by atoms with van der Waals surface area (Å²) in [6.07, 6.45) is 5.08. The molecule has 1 rings (SSSR count). The number of nitrogens with two attached hydrogens (primary N) is 1. The van der Waals surface area contributed by atoms with Gasteiger partial charge in [0.2, 0.25) is 0 Å². The molecule has 1 aromatic rings. The van der Waals surface area contributed by atoms with Crippen molar-refractivity contribution in [1.29, 1.82) is 0 Å². The van der Waals surface area contributed by atoms with Gasteiger partial charge in [0.15, 0.2) is 0 Å². The average Bonchev–Trinajstić information content (AvgIpc) is 2.25. The van der Waals surface area contributed by atoms with Gasteiger partial charge in [-0.25, -0.2) is 4.98 Å². The Morgan fingerprint density at radius 3 is 3.00 bits per heavy atom. The van der Waals surface area contributed by atoms with Gasteiger partial charge in [-0.1, -0.05) is 19.8 Å². The Labute approximate surface area is 84.5 Å². The van der Waals surface area contributed by atoms with Crippen LogP contribution >= 0.6 is 0 Å². The molecule has 0 aliphatic rings. The maximum atomic E-state index is 5.45. The zero-order valence-electron chi connectivity index (χ0n) is 8.57. The van der Waals surface area contributed by atoms with Crippen molar-refractivity contribution in [3.05, 3.63) is 18.0 Å². The van der Waals surface area contributed by atoms with E-state index in [-0.39, 0.29) is 0 Å². The van der Waals surface area contributed by atoms with Crippen LogP contribution in [-0.2, 0) is 6.54 Å². The van der Waals surface area contributed by atoms with Crippen molar-refractivity contribution >= 4 is 0 Å². The SMILES string of the molecule is CCCCCOc1nccc(CN)n1. The summed E-state index contributed by atoms with van der Waals surface area (Å²) in [5.74, 6) is 0. The van der Waals surface area contributed by atoms with E-state index in [4.69, 9.17) is 10.5 Å². The van der Waals surface area contributed by atoms with E-state index in [1.807, 2.05) is 0 Å². The molecule has 0 aliphatic heterocycles. The van der Waals surface area contributed by atoms with E-state index < -0.39 is 0 Å². The highest BCUT2D eigenvalue weighted by Gasteiger charge is 1.98. The zero-order valence-corrected chi connectivity index (χ0v) is 8.57. The number of nitrogens with zero attached hydrogens (tertiary/aromatic N) is 2. The number of hydrogen-bond donors (Lipinski definition) is 1. The topological polar surface area (TPSA) is 61.0 Å². The van der Waals surface area contributed by atoms with E-state index >= 15 is 0 Å². The summed E-state index contributed by atoms with van der Waals surface area (Å²) in [6, 6.07) is 2.22. The lowest BCUT2D eigenvalue weighted by atomic mass is 10.3. The van der Waals surface area contributed by atoms with Gasteiger partial charge in [0.25, 0.3) is 0 Å². The molecule has 0 saturated heterocycles. The molecular formula is C10H17N3O. The Morgan fingerprint density at radius 1 is 1.43 bits per heavy atom. The Balaban J connectivity index is 2.34. The maximum Gasteiger partial charge on any atom is 0.316 e. The van der Waals surface area contributed by atoms with E-state index in [1.54, 1.807) is 12.3 Å². The fraction of sp³-hybridized carbons (Fsp3) is 0.600. The van der Waals surface area contributed by atoms with Crippen molar-refractivity contribution < 1.29 is 4.74 Å². The third kappa shape index (κ3) is 3.70. The predicted octanol–water partition coefficient (Wildman–Crippen LogP) is 1.50. The van der Waals surface area contributed by atoms with Gasteiger partial charge >= 0.3 is 6.01 Å². The lowest BCUT2D eigenvalue weighted by molar-refractivity contribution is 0.281. The maximum absolute atomic E-state index is 5.45. The molecule has 0 amide bonds. The van der Waals surface area contributed by atoms with Crippen LogP contribution in [0, 0.1) is 0 Å². The van der Waals surface area contributed by atoms with Crippen molar-refractivity contribution in [2.24, 2.45) is 5.73 Å². The zero-order chi connectivity index (χ0) is 10.2. The molecule has 0 bridgehead atoms. The van der Waals surface area contributed by atoms with Crippen LogP contribution in [0.1, 0.15) is 31.9 Å². The highest BCUT2D eigenvalue weighted by molar-refractivity contribution is 5.04. The van der Waals surface area contributed by atoms with E-state index in [0.29, 0.717) is 19.2 Å². The van der Waals surface area contributed by atoms with E-state index in [9.17, 15) is 0 Å². The Kier molecular flexibility index (Phi) is 4.93. The molecule has 2 N–H and O–H groups in total. The van der Waals surface area contributed by atoms with Crippen LogP contribution in [0.15, 0.2) is 12.3 Å². The Morgan fingerprint density at radius 2 is 2.29 bits per heavy atom. The molecule has 0 aliphatic carbocycles. The second-order valence-corrected chi connectivity index (χ2v) is 3.09. The highest BCUT2D eigenvalue weighted by atomic mass is 16.5. The molecule has 0 radical (unpaired) electrons. The molecule has 4 nitrogen and oxygen atoms in total. The fourth-order valence-electron chi connectivity index (χ4n) is 1.07. The smallest absolute Gasteiger partial charge is 0.316 e. The van der Waals surface area contributed by atoms with E-state index in [2.05, 4.69) is 16.9 Å².